The third kappa shape index (κ3) is 3.70. The minimum absolute atomic E-state index is 0.169. The molecule has 1 aliphatic carbocycles. The third-order valence-electron chi connectivity index (χ3n) is 6.11. The van der Waals surface area contributed by atoms with Crippen molar-refractivity contribution < 1.29 is 14.0 Å². The molecular weight excluding hydrogens is 342 g/mol. The van der Waals surface area contributed by atoms with Crippen LogP contribution in [-0.4, -0.2) is 41.3 Å². The Hall–Kier alpha value is -2.37. The van der Waals surface area contributed by atoms with Crippen molar-refractivity contribution >= 4 is 22.8 Å². The number of likely N-dealkylation sites (tertiary alicyclic amines) is 1. The summed E-state index contributed by atoms with van der Waals surface area (Å²) in [6.07, 6.45) is 7.19. The first-order valence-corrected chi connectivity index (χ1v) is 9.86. The quantitative estimate of drug-likeness (QED) is 0.878. The number of carbonyl (C=O) groups excluding carboxylic acids is 2. The molecule has 2 aromatic heterocycles. The van der Waals surface area contributed by atoms with Crippen LogP contribution in [0, 0.1) is 17.3 Å². The largest absolute Gasteiger partial charge is 0.449 e. The molecule has 1 aliphatic heterocycles. The van der Waals surface area contributed by atoms with Crippen molar-refractivity contribution in [2.75, 3.05) is 19.6 Å². The summed E-state index contributed by atoms with van der Waals surface area (Å²) >= 11 is 0. The Morgan fingerprint density at radius 1 is 1.37 bits per heavy atom. The molecule has 1 saturated heterocycles. The lowest BCUT2D eigenvalue weighted by atomic mass is 9.90. The fourth-order valence-corrected chi connectivity index (χ4v) is 4.31. The van der Waals surface area contributed by atoms with Gasteiger partial charge in [-0.1, -0.05) is 13.8 Å². The molecule has 3 heterocycles. The number of nitrogens with one attached hydrogen (secondary N) is 1. The fourth-order valence-electron chi connectivity index (χ4n) is 4.31. The van der Waals surface area contributed by atoms with E-state index in [0.717, 1.165) is 37.7 Å². The number of fused-ring (bicyclic) bond motifs is 1. The number of furan rings is 1. The first kappa shape index (κ1) is 18.0. The molecule has 2 amide bonds. The van der Waals surface area contributed by atoms with E-state index in [9.17, 15) is 9.59 Å². The van der Waals surface area contributed by atoms with Crippen molar-refractivity contribution in [3.8, 4) is 0 Å². The van der Waals surface area contributed by atoms with Gasteiger partial charge in [-0.15, -0.1) is 0 Å². The number of carbonyl (C=O) groups is 2. The molecule has 0 unspecified atom stereocenters. The fraction of sp³-hybridized carbons (Fsp3) is 0.571. The van der Waals surface area contributed by atoms with Crippen LogP contribution in [-0.2, 0) is 4.79 Å². The number of amides is 2. The third-order valence-corrected chi connectivity index (χ3v) is 6.11. The van der Waals surface area contributed by atoms with E-state index in [-0.39, 0.29) is 11.8 Å². The number of aromatic nitrogens is 1. The molecule has 27 heavy (non-hydrogen) atoms. The Balaban J connectivity index is 1.26. The van der Waals surface area contributed by atoms with Crippen molar-refractivity contribution in [1.29, 1.82) is 0 Å². The van der Waals surface area contributed by atoms with Crippen LogP contribution in [0.4, 0.5) is 0 Å². The summed E-state index contributed by atoms with van der Waals surface area (Å²) in [6, 6.07) is 3.59. The number of nitrogens with zero attached hydrogens (tertiary/aromatic N) is 2. The summed E-state index contributed by atoms with van der Waals surface area (Å²) in [5.41, 5.74) is 0.948. The smallest absolute Gasteiger partial charge is 0.287 e. The van der Waals surface area contributed by atoms with Gasteiger partial charge in [0.05, 0.1) is 6.20 Å². The lowest BCUT2D eigenvalue weighted by Gasteiger charge is -2.33. The highest BCUT2D eigenvalue weighted by atomic mass is 16.3. The predicted molar refractivity (Wildman–Crippen MR) is 102 cm³/mol. The summed E-state index contributed by atoms with van der Waals surface area (Å²) in [6.45, 7) is 6.55. The van der Waals surface area contributed by atoms with Gasteiger partial charge in [0, 0.05) is 37.6 Å². The second-order valence-corrected chi connectivity index (χ2v) is 8.48. The Morgan fingerprint density at radius 2 is 2.15 bits per heavy atom. The van der Waals surface area contributed by atoms with Gasteiger partial charge < -0.3 is 14.6 Å². The van der Waals surface area contributed by atoms with E-state index >= 15 is 0 Å². The maximum atomic E-state index is 12.4. The van der Waals surface area contributed by atoms with E-state index in [0.29, 0.717) is 41.6 Å². The van der Waals surface area contributed by atoms with E-state index in [1.807, 2.05) is 11.0 Å². The summed E-state index contributed by atoms with van der Waals surface area (Å²) in [4.78, 5) is 30.6. The number of hydrogen-bond donors (Lipinski definition) is 1. The van der Waals surface area contributed by atoms with Crippen LogP contribution in [0.3, 0.4) is 0 Å². The monoisotopic (exact) mass is 369 g/mol. The molecule has 1 saturated carbocycles. The lowest BCUT2D eigenvalue weighted by molar-refractivity contribution is -0.133. The van der Waals surface area contributed by atoms with Crippen molar-refractivity contribution in [2.24, 2.45) is 17.3 Å². The molecule has 0 radical (unpaired) electrons. The molecule has 1 spiro atoms. The van der Waals surface area contributed by atoms with E-state index in [2.05, 4.69) is 24.1 Å². The first-order valence-electron chi connectivity index (χ1n) is 9.86. The summed E-state index contributed by atoms with van der Waals surface area (Å²) in [5.74, 6) is 1.37. The second kappa shape index (κ2) is 6.98. The molecule has 1 atom stereocenters. The van der Waals surface area contributed by atoms with Gasteiger partial charge in [0.15, 0.2) is 11.3 Å². The molecule has 6 nitrogen and oxygen atoms in total. The van der Waals surface area contributed by atoms with E-state index in [1.165, 1.54) is 0 Å². The van der Waals surface area contributed by atoms with Crippen LogP contribution in [0.1, 0.15) is 50.1 Å². The van der Waals surface area contributed by atoms with Gasteiger partial charge in [0.2, 0.25) is 5.91 Å². The minimum atomic E-state index is -0.169. The highest BCUT2D eigenvalue weighted by molar-refractivity contribution is 5.95. The zero-order valence-corrected chi connectivity index (χ0v) is 16.0. The Bertz CT molecular complexity index is 816. The molecular formula is C21H27N3O3. The number of hydrogen-bond acceptors (Lipinski definition) is 4. The van der Waals surface area contributed by atoms with Crippen molar-refractivity contribution in [3.05, 3.63) is 30.3 Å². The number of rotatable bonds is 5. The normalized spacial score (nSPS) is 21.0. The predicted octanol–water partition coefficient (Wildman–Crippen LogP) is 3.23. The molecule has 2 fully saturated rings. The molecule has 0 aromatic carbocycles. The van der Waals surface area contributed by atoms with Crippen LogP contribution < -0.4 is 5.32 Å². The average Bonchev–Trinajstić information content (AvgIpc) is 3.12. The van der Waals surface area contributed by atoms with Gasteiger partial charge in [0.1, 0.15) is 0 Å². The zero-order chi connectivity index (χ0) is 19.0. The highest BCUT2D eigenvalue weighted by Crippen LogP contribution is 2.59. The molecule has 1 N–H and O–H groups in total. The van der Waals surface area contributed by atoms with E-state index in [1.54, 1.807) is 18.5 Å². The van der Waals surface area contributed by atoms with Crippen molar-refractivity contribution in [1.82, 2.24) is 15.2 Å². The molecule has 144 valence electrons. The number of piperidine rings is 1. The lowest BCUT2D eigenvalue weighted by Crippen LogP contribution is -2.40. The second-order valence-electron chi connectivity index (χ2n) is 8.48. The Labute approximate surface area is 159 Å². The molecule has 2 aromatic rings. The molecule has 4 rings (SSSR count). The van der Waals surface area contributed by atoms with Crippen LogP contribution in [0.15, 0.2) is 28.9 Å². The van der Waals surface area contributed by atoms with Crippen molar-refractivity contribution in [3.63, 3.8) is 0 Å². The van der Waals surface area contributed by atoms with Crippen molar-refractivity contribution in [2.45, 2.75) is 39.5 Å². The Morgan fingerprint density at radius 3 is 2.85 bits per heavy atom. The van der Waals surface area contributed by atoms with Gasteiger partial charge in [-0.2, -0.15) is 0 Å². The van der Waals surface area contributed by atoms with Gasteiger partial charge in [-0.05, 0) is 48.6 Å². The van der Waals surface area contributed by atoms with Gasteiger partial charge in [0.25, 0.3) is 5.91 Å². The maximum Gasteiger partial charge on any atom is 0.287 e. The van der Waals surface area contributed by atoms with Crippen LogP contribution in [0.2, 0.25) is 0 Å². The molecule has 0 bridgehead atoms. The van der Waals surface area contributed by atoms with Crippen LogP contribution >= 0.6 is 0 Å². The SMILES string of the molecule is CC(C)CC(=O)N1CCC2(CC1)C[C@H]2CNC(=O)c1cc2ccncc2o1. The average molecular weight is 369 g/mol. The minimum Gasteiger partial charge on any atom is -0.449 e. The zero-order valence-electron chi connectivity index (χ0n) is 16.0. The summed E-state index contributed by atoms with van der Waals surface area (Å²) < 4.78 is 5.57. The molecule has 6 heteroatoms. The van der Waals surface area contributed by atoms with Gasteiger partial charge in [-0.25, -0.2) is 0 Å². The van der Waals surface area contributed by atoms with Gasteiger partial charge >= 0.3 is 0 Å². The van der Waals surface area contributed by atoms with E-state index in [4.69, 9.17) is 4.42 Å². The summed E-state index contributed by atoms with van der Waals surface area (Å²) in [7, 11) is 0. The molecule has 2 aliphatic rings. The maximum absolute atomic E-state index is 12.4. The first-order chi connectivity index (χ1) is 13.0. The van der Waals surface area contributed by atoms with Crippen LogP contribution in [0.25, 0.3) is 11.0 Å². The van der Waals surface area contributed by atoms with Gasteiger partial charge in [-0.3, -0.25) is 14.6 Å². The standard InChI is InChI=1S/C21H27N3O3/c1-14(2)9-19(25)24-7-4-21(5-8-24)11-16(21)12-23-20(26)17-10-15-3-6-22-13-18(15)27-17/h3,6,10,13-14,16H,4-5,7-9,11-12H2,1-2H3,(H,23,26)/t16-/m0/s1. The summed E-state index contributed by atoms with van der Waals surface area (Å²) in [5, 5.41) is 3.91. The topological polar surface area (TPSA) is 75.4 Å². The van der Waals surface area contributed by atoms with E-state index < -0.39 is 0 Å². The highest BCUT2D eigenvalue weighted by Gasteiger charge is 2.54. The Kier molecular flexibility index (Phi) is 4.66. The van der Waals surface area contributed by atoms with Crippen LogP contribution in [0.5, 0.6) is 0 Å². The number of pyridine rings is 1.